The third-order valence-electron chi connectivity index (χ3n) is 1.23. The minimum atomic E-state index is -3.78. The molecule has 0 amide bonds. The number of hydrogen-bond donors (Lipinski definition) is 1. The zero-order chi connectivity index (χ0) is 9.45. The van der Waals surface area contributed by atoms with Gasteiger partial charge in [0, 0.05) is 13.2 Å². The number of hydrogen-bond acceptors (Lipinski definition) is 3. The van der Waals surface area contributed by atoms with Crippen LogP contribution in [0.25, 0.3) is 0 Å². The number of unbranched alkanes of at least 4 members (excludes halogenated alkanes) is 1. The van der Waals surface area contributed by atoms with Gasteiger partial charge in [-0.25, -0.2) is 0 Å². The quantitative estimate of drug-likeness (QED) is 0.484. The molecule has 0 fully saturated rings. The molecule has 0 aromatic carbocycles. The molecule has 4 nitrogen and oxygen atoms in total. The van der Waals surface area contributed by atoms with Gasteiger partial charge in [0.05, 0.1) is 5.75 Å². The largest absolute Gasteiger partial charge is 0.381 e. The second-order valence-electron chi connectivity index (χ2n) is 2.46. The van der Waals surface area contributed by atoms with E-state index >= 15 is 0 Å². The summed E-state index contributed by atoms with van der Waals surface area (Å²) in [5.74, 6) is -0.180. The van der Waals surface area contributed by atoms with Crippen molar-refractivity contribution in [2.75, 3.05) is 19.0 Å². The highest BCUT2D eigenvalue weighted by molar-refractivity contribution is 7.85. The molecular formula is C7H15O4S. The molecule has 0 unspecified atom stereocenters. The van der Waals surface area contributed by atoms with Gasteiger partial charge in [-0.1, -0.05) is 6.92 Å². The van der Waals surface area contributed by atoms with E-state index in [1.165, 1.54) is 0 Å². The summed E-state index contributed by atoms with van der Waals surface area (Å²) in [4.78, 5) is 0. The second-order valence-corrected chi connectivity index (χ2v) is 4.03. The lowest BCUT2D eigenvalue weighted by Crippen LogP contribution is -2.05. The van der Waals surface area contributed by atoms with E-state index in [0.29, 0.717) is 26.1 Å². The van der Waals surface area contributed by atoms with Gasteiger partial charge < -0.3 is 4.74 Å². The van der Waals surface area contributed by atoms with Crippen LogP contribution >= 0.6 is 0 Å². The van der Waals surface area contributed by atoms with Crippen LogP contribution in [0.15, 0.2) is 0 Å². The van der Waals surface area contributed by atoms with Crippen LogP contribution in [0.3, 0.4) is 0 Å². The molecule has 1 N–H and O–H groups in total. The summed E-state index contributed by atoms with van der Waals surface area (Å²) in [5, 5.41) is 0. The Balaban J connectivity index is 3.12. The molecule has 0 aromatic heterocycles. The van der Waals surface area contributed by atoms with E-state index in [0.717, 1.165) is 6.42 Å². The van der Waals surface area contributed by atoms with Crippen molar-refractivity contribution in [3.8, 4) is 0 Å². The SMILES string of the molecule is [CH2]CCOCCCCS(=O)(=O)O. The third-order valence-corrected chi connectivity index (χ3v) is 2.03. The van der Waals surface area contributed by atoms with Crippen LogP contribution in [0.2, 0.25) is 0 Å². The Morgan fingerprint density at radius 2 is 1.92 bits per heavy atom. The summed E-state index contributed by atoms with van der Waals surface area (Å²) in [7, 11) is -3.78. The molecule has 0 spiro atoms. The standard InChI is InChI=1S/C7H15O4S/c1-2-5-11-6-3-4-7-12(8,9)10/h1-7H2,(H,8,9,10). The Morgan fingerprint density at radius 3 is 2.42 bits per heavy atom. The minimum Gasteiger partial charge on any atom is -0.381 e. The first-order valence-electron chi connectivity index (χ1n) is 3.88. The predicted octanol–water partition coefficient (Wildman–Crippen LogP) is 0.895. The van der Waals surface area contributed by atoms with Crippen molar-refractivity contribution in [1.29, 1.82) is 0 Å². The first-order valence-corrected chi connectivity index (χ1v) is 5.49. The molecule has 0 aliphatic rings. The molecule has 0 bridgehead atoms. The van der Waals surface area contributed by atoms with Gasteiger partial charge in [0.15, 0.2) is 0 Å². The van der Waals surface area contributed by atoms with Crippen molar-refractivity contribution >= 4 is 10.1 Å². The average Bonchev–Trinajstić information content (AvgIpc) is 1.94. The molecule has 0 aliphatic heterocycles. The van der Waals surface area contributed by atoms with Crippen LogP contribution < -0.4 is 0 Å². The molecular weight excluding hydrogens is 180 g/mol. The molecule has 0 aromatic rings. The highest BCUT2D eigenvalue weighted by Crippen LogP contribution is 1.94. The van der Waals surface area contributed by atoms with Crippen molar-refractivity contribution < 1.29 is 17.7 Å². The number of ether oxygens (including phenoxy) is 1. The molecule has 0 atom stereocenters. The Hall–Kier alpha value is -0.130. The van der Waals surface area contributed by atoms with Crippen molar-refractivity contribution in [2.24, 2.45) is 0 Å². The van der Waals surface area contributed by atoms with Gasteiger partial charge in [-0.15, -0.1) is 0 Å². The van der Waals surface area contributed by atoms with E-state index < -0.39 is 10.1 Å². The fourth-order valence-corrected chi connectivity index (χ4v) is 1.26. The average molecular weight is 195 g/mol. The normalized spacial score (nSPS) is 11.8. The van der Waals surface area contributed by atoms with Gasteiger partial charge in [0.1, 0.15) is 0 Å². The molecule has 0 saturated carbocycles. The summed E-state index contributed by atoms with van der Waals surface area (Å²) in [6.07, 6.45) is 1.81. The van der Waals surface area contributed by atoms with Gasteiger partial charge in [-0.05, 0) is 19.3 Å². The Morgan fingerprint density at radius 1 is 1.25 bits per heavy atom. The maximum Gasteiger partial charge on any atom is 0.264 e. The molecule has 0 rings (SSSR count). The zero-order valence-electron chi connectivity index (χ0n) is 7.03. The Bertz CT molecular complexity index is 186. The molecule has 0 aliphatic carbocycles. The van der Waals surface area contributed by atoms with Crippen molar-refractivity contribution in [1.82, 2.24) is 0 Å². The van der Waals surface area contributed by atoms with E-state index in [1.54, 1.807) is 0 Å². The van der Waals surface area contributed by atoms with Crippen molar-refractivity contribution in [2.45, 2.75) is 19.3 Å². The minimum absolute atomic E-state index is 0.180. The van der Waals surface area contributed by atoms with Crippen LogP contribution in [0, 0.1) is 6.92 Å². The second kappa shape index (κ2) is 6.39. The molecule has 73 valence electrons. The number of rotatable bonds is 7. The molecule has 0 saturated heterocycles. The predicted molar refractivity (Wildman–Crippen MR) is 46.4 cm³/mol. The lowest BCUT2D eigenvalue weighted by atomic mass is 10.4. The maximum absolute atomic E-state index is 10.2. The van der Waals surface area contributed by atoms with E-state index in [4.69, 9.17) is 9.29 Å². The molecule has 1 radical (unpaired) electrons. The van der Waals surface area contributed by atoms with Crippen LogP contribution in [-0.4, -0.2) is 31.9 Å². The highest BCUT2D eigenvalue weighted by Gasteiger charge is 2.02. The summed E-state index contributed by atoms with van der Waals surface area (Å²) < 4.78 is 33.9. The van der Waals surface area contributed by atoms with Crippen LogP contribution in [-0.2, 0) is 14.9 Å². The maximum atomic E-state index is 10.2. The first-order chi connectivity index (χ1) is 5.56. The van der Waals surface area contributed by atoms with Crippen LogP contribution in [0.5, 0.6) is 0 Å². The highest BCUT2D eigenvalue weighted by atomic mass is 32.2. The van der Waals surface area contributed by atoms with E-state index in [2.05, 4.69) is 6.92 Å². The van der Waals surface area contributed by atoms with Gasteiger partial charge in [-0.3, -0.25) is 4.55 Å². The van der Waals surface area contributed by atoms with Crippen molar-refractivity contribution in [3.63, 3.8) is 0 Å². The molecule has 0 heterocycles. The zero-order valence-corrected chi connectivity index (χ0v) is 7.85. The van der Waals surface area contributed by atoms with Crippen LogP contribution in [0.1, 0.15) is 19.3 Å². The van der Waals surface area contributed by atoms with Crippen molar-refractivity contribution in [3.05, 3.63) is 6.92 Å². The lowest BCUT2D eigenvalue weighted by Gasteiger charge is -2.00. The summed E-state index contributed by atoms with van der Waals surface area (Å²) >= 11 is 0. The summed E-state index contributed by atoms with van der Waals surface area (Å²) in [6, 6.07) is 0. The Labute approximate surface area is 73.7 Å². The fraction of sp³-hybridized carbons (Fsp3) is 0.857. The van der Waals surface area contributed by atoms with Gasteiger partial charge in [-0.2, -0.15) is 8.42 Å². The van der Waals surface area contributed by atoms with E-state index in [9.17, 15) is 8.42 Å². The lowest BCUT2D eigenvalue weighted by molar-refractivity contribution is 0.135. The van der Waals surface area contributed by atoms with Gasteiger partial charge in [0.2, 0.25) is 0 Å². The van der Waals surface area contributed by atoms with E-state index in [1.807, 2.05) is 0 Å². The third kappa shape index (κ3) is 9.87. The van der Waals surface area contributed by atoms with E-state index in [-0.39, 0.29) is 5.75 Å². The summed E-state index contributed by atoms with van der Waals surface area (Å²) in [6.45, 7) is 4.72. The molecule has 12 heavy (non-hydrogen) atoms. The van der Waals surface area contributed by atoms with Gasteiger partial charge >= 0.3 is 0 Å². The fourth-order valence-electron chi connectivity index (χ4n) is 0.693. The first kappa shape index (κ1) is 11.9. The smallest absolute Gasteiger partial charge is 0.264 e. The molecule has 5 heteroatoms. The summed E-state index contributed by atoms with van der Waals surface area (Å²) in [5.41, 5.74) is 0. The Kier molecular flexibility index (Phi) is 6.32. The monoisotopic (exact) mass is 195 g/mol. The van der Waals surface area contributed by atoms with Crippen LogP contribution in [0.4, 0.5) is 0 Å². The van der Waals surface area contributed by atoms with Gasteiger partial charge in [0.25, 0.3) is 10.1 Å². The topological polar surface area (TPSA) is 63.6 Å².